The minimum atomic E-state index is -0.979. The molecule has 1 saturated heterocycles. The van der Waals surface area contributed by atoms with Crippen LogP contribution in [-0.2, 0) is 6.54 Å². The van der Waals surface area contributed by atoms with Gasteiger partial charge in [0.1, 0.15) is 22.7 Å². The van der Waals surface area contributed by atoms with Crippen molar-refractivity contribution in [1.29, 1.82) is 0 Å². The van der Waals surface area contributed by atoms with Crippen LogP contribution in [0.3, 0.4) is 0 Å². The van der Waals surface area contributed by atoms with Crippen molar-refractivity contribution in [2.24, 2.45) is 0 Å². The zero-order valence-electron chi connectivity index (χ0n) is 21.1. The third kappa shape index (κ3) is 5.56. The molecule has 2 aromatic carbocycles. The van der Waals surface area contributed by atoms with E-state index in [1.165, 1.54) is 12.1 Å². The number of hydrogen-bond donors (Lipinski definition) is 2. The standard InChI is InChI=1S/C28H32N4O5/c1-3-35-24-15-19(16-25(36-4-2)26(24)32-11-5-6-12-32)18-31-13-9-21(10-14-31)29-28-30-22-17-20(27(33)34)7-8-23(22)37-28/h5-8,11-12,15-17,21H,3-4,9-10,13-14,18H2,1-2H3,(H,29,30)(H,33,34). The fourth-order valence-corrected chi connectivity index (χ4v) is 4.79. The monoisotopic (exact) mass is 504 g/mol. The van der Waals surface area contributed by atoms with Crippen LogP contribution in [0.15, 0.2) is 59.3 Å². The molecule has 0 saturated carbocycles. The van der Waals surface area contributed by atoms with Gasteiger partial charge in [-0.25, -0.2) is 4.79 Å². The number of anilines is 1. The number of nitrogens with one attached hydrogen (secondary N) is 1. The summed E-state index contributed by atoms with van der Waals surface area (Å²) in [5, 5.41) is 12.6. The second kappa shape index (κ2) is 11.0. The number of carboxylic acids is 1. The average Bonchev–Trinajstić information content (AvgIpc) is 3.55. The van der Waals surface area contributed by atoms with Crippen LogP contribution in [0.4, 0.5) is 6.01 Å². The molecule has 0 atom stereocenters. The van der Waals surface area contributed by atoms with Crippen molar-refractivity contribution in [2.45, 2.75) is 39.3 Å². The lowest BCUT2D eigenvalue weighted by molar-refractivity contribution is 0.0697. The molecule has 1 aliphatic rings. The maximum absolute atomic E-state index is 11.2. The Bertz CT molecular complexity index is 1330. The molecular weight excluding hydrogens is 472 g/mol. The first-order valence-electron chi connectivity index (χ1n) is 12.7. The molecule has 0 spiro atoms. The number of benzene rings is 2. The summed E-state index contributed by atoms with van der Waals surface area (Å²) in [6.07, 6.45) is 5.88. The van der Waals surface area contributed by atoms with E-state index in [0.717, 1.165) is 55.2 Å². The zero-order chi connectivity index (χ0) is 25.8. The first-order valence-corrected chi connectivity index (χ1v) is 12.7. The maximum Gasteiger partial charge on any atom is 0.335 e. The Morgan fingerprint density at radius 1 is 1.08 bits per heavy atom. The molecule has 2 aromatic heterocycles. The van der Waals surface area contributed by atoms with Crippen LogP contribution in [0.5, 0.6) is 11.5 Å². The number of carboxylic acid groups (broad SMARTS) is 1. The summed E-state index contributed by atoms with van der Waals surface area (Å²) in [6, 6.07) is 13.6. The van der Waals surface area contributed by atoms with Gasteiger partial charge in [-0.2, -0.15) is 4.98 Å². The minimum absolute atomic E-state index is 0.196. The van der Waals surface area contributed by atoms with Gasteiger partial charge >= 0.3 is 5.97 Å². The number of rotatable bonds is 10. The van der Waals surface area contributed by atoms with Crippen molar-refractivity contribution in [3.05, 3.63) is 66.0 Å². The minimum Gasteiger partial charge on any atom is -0.492 e. The molecule has 2 N–H and O–H groups in total. The van der Waals surface area contributed by atoms with Gasteiger partial charge in [-0.3, -0.25) is 4.90 Å². The van der Waals surface area contributed by atoms with E-state index in [4.69, 9.17) is 13.9 Å². The van der Waals surface area contributed by atoms with Gasteiger partial charge in [-0.1, -0.05) is 0 Å². The number of piperidine rings is 1. The molecular formula is C28H32N4O5. The van der Waals surface area contributed by atoms with Crippen molar-refractivity contribution in [2.75, 3.05) is 31.6 Å². The van der Waals surface area contributed by atoms with E-state index < -0.39 is 5.97 Å². The van der Waals surface area contributed by atoms with Crippen LogP contribution < -0.4 is 14.8 Å². The van der Waals surface area contributed by atoms with E-state index in [9.17, 15) is 9.90 Å². The lowest BCUT2D eigenvalue weighted by Crippen LogP contribution is -2.38. The molecule has 3 heterocycles. The smallest absolute Gasteiger partial charge is 0.335 e. The Kier molecular flexibility index (Phi) is 7.32. The average molecular weight is 505 g/mol. The molecule has 0 radical (unpaired) electrons. The Morgan fingerprint density at radius 2 is 1.76 bits per heavy atom. The van der Waals surface area contributed by atoms with Crippen molar-refractivity contribution in [1.82, 2.24) is 14.5 Å². The van der Waals surface area contributed by atoms with Crippen LogP contribution in [0.25, 0.3) is 16.8 Å². The molecule has 194 valence electrons. The van der Waals surface area contributed by atoms with Crippen molar-refractivity contribution in [3.63, 3.8) is 0 Å². The van der Waals surface area contributed by atoms with Gasteiger partial charge in [-0.15, -0.1) is 0 Å². The molecule has 0 unspecified atom stereocenters. The summed E-state index contributed by atoms with van der Waals surface area (Å²) >= 11 is 0. The van der Waals surface area contributed by atoms with Crippen molar-refractivity contribution in [3.8, 4) is 17.2 Å². The lowest BCUT2D eigenvalue weighted by Gasteiger charge is -2.32. The number of aromatic carboxylic acids is 1. The van der Waals surface area contributed by atoms with Gasteiger partial charge < -0.3 is 28.9 Å². The quantitative estimate of drug-likeness (QED) is 0.304. The van der Waals surface area contributed by atoms with E-state index in [2.05, 4.69) is 27.3 Å². The van der Waals surface area contributed by atoms with Gasteiger partial charge in [0.15, 0.2) is 5.58 Å². The van der Waals surface area contributed by atoms with E-state index >= 15 is 0 Å². The van der Waals surface area contributed by atoms with Crippen LogP contribution in [0.1, 0.15) is 42.6 Å². The van der Waals surface area contributed by atoms with E-state index in [1.54, 1.807) is 6.07 Å². The van der Waals surface area contributed by atoms with E-state index in [1.807, 2.05) is 42.9 Å². The fraction of sp³-hybridized carbons (Fsp3) is 0.357. The number of oxazole rings is 1. The second-order valence-electron chi connectivity index (χ2n) is 9.10. The fourth-order valence-electron chi connectivity index (χ4n) is 4.79. The summed E-state index contributed by atoms with van der Waals surface area (Å²) in [5.74, 6) is 0.657. The Labute approximate surface area is 215 Å². The summed E-state index contributed by atoms with van der Waals surface area (Å²) in [4.78, 5) is 18.1. The number of likely N-dealkylation sites (tertiary alicyclic amines) is 1. The molecule has 0 aliphatic carbocycles. The molecule has 9 nitrogen and oxygen atoms in total. The Morgan fingerprint density at radius 3 is 2.38 bits per heavy atom. The van der Waals surface area contributed by atoms with Gasteiger partial charge in [0.25, 0.3) is 6.01 Å². The van der Waals surface area contributed by atoms with Crippen LogP contribution >= 0.6 is 0 Å². The topological polar surface area (TPSA) is 102 Å². The number of ether oxygens (including phenoxy) is 2. The third-order valence-corrected chi connectivity index (χ3v) is 6.52. The van der Waals surface area contributed by atoms with Gasteiger partial charge in [-0.05, 0) is 74.7 Å². The van der Waals surface area contributed by atoms with Gasteiger partial charge in [0, 0.05) is 38.1 Å². The van der Waals surface area contributed by atoms with E-state index in [0.29, 0.717) is 30.3 Å². The molecule has 4 aromatic rings. The Balaban J connectivity index is 1.24. The van der Waals surface area contributed by atoms with Crippen molar-refractivity contribution < 1.29 is 23.8 Å². The SMILES string of the molecule is CCOc1cc(CN2CCC(Nc3nc4cc(C(=O)O)ccc4o3)CC2)cc(OCC)c1-n1cccc1. The molecule has 9 heteroatoms. The first-order chi connectivity index (χ1) is 18.0. The number of fused-ring (bicyclic) bond motifs is 1. The molecule has 0 bridgehead atoms. The predicted molar refractivity (Wildman–Crippen MR) is 141 cm³/mol. The number of nitrogens with zero attached hydrogens (tertiary/aromatic N) is 3. The highest BCUT2D eigenvalue weighted by atomic mass is 16.5. The molecule has 0 amide bonds. The summed E-state index contributed by atoms with van der Waals surface area (Å²) in [7, 11) is 0. The zero-order valence-corrected chi connectivity index (χ0v) is 21.1. The lowest BCUT2D eigenvalue weighted by atomic mass is 10.0. The highest BCUT2D eigenvalue weighted by molar-refractivity contribution is 5.92. The molecule has 5 rings (SSSR count). The number of aromatic nitrogens is 2. The maximum atomic E-state index is 11.2. The summed E-state index contributed by atoms with van der Waals surface area (Å²) < 4.78 is 19.9. The molecule has 37 heavy (non-hydrogen) atoms. The van der Waals surface area contributed by atoms with E-state index in [-0.39, 0.29) is 11.6 Å². The molecule has 1 aliphatic heterocycles. The van der Waals surface area contributed by atoms with Gasteiger partial charge in [0.2, 0.25) is 0 Å². The number of carbonyl (C=O) groups is 1. The normalized spacial score (nSPS) is 14.6. The largest absolute Gasteiger partial charge is 0.492 e. The number of hydrogen-bond acceptors (Lipinski definition) is 7. The van der Waals surface area contributed by atoms with Crippen molar-refractivity contribution >= 4 is 23.1 Å². The predicted octanol–water partition coefficient (Wildman–Crippen LogP) is 5.19. The summed E-state index contributed by atoms with van der Waals surface area (Å²) in [6.45, 7) is 7.79. The summed E-state index contributed by atoms with van der Waals surface area (Å²) in [5.41, 5.74) is 3.39. The molecule has 1 fully saturated rings. The first kappa shape index (κ1) is 24.7. The van der Waals surface area contributed by atoms with Crippen LogP contribution in [-0.4, -0.2) is 57.9 Å². The Hall–Kier alpha value is -3.98. The van der Waals surface area contributed by atoms with Crippen LogP contribution in [0.2, 0.25) is 0 Å². The highest BCUT2D eigenvalue weighted by Crippen LogP contribution is 2.35. The van der Waals surface area contributed by atoms with Crippen LogP contribution in [0, 0.1) is 0 Å². The third-order valence-electron chi connectivity index (χ3n) is 6.52. The van der Waals surface area contributed by atoms with Gasteiger partial charge in [0.05, 0.1) is 18.8 Å². The second-order valence-corrected chi connectivity index (χ2v) is 9.10. The highest BCUT2D eigenvalue weighted by Gasteiger charge is 2.22.